The van der Waals surface area contributed by atoms with Gasteiger partial charge < -0.3 is 9.47 Å². The third-order valence-electron chi connectivity index (χ3n) is 3.34. The second-order valence-electron chi connectivity index (χ2n) is 5.12. The van der Waals surface area contributed by atoms with Crippen molar-refractivity contribution in [2.75, 3.05) is 20.3 Å². The summed E-state index contributed by atoms with van der Waals surface area (Å²) in [5.74, 6) is 0.0354. The third-order valence-corrected chi connectivity index (χ3v) is 4.71. The second-order valence-corrected chi connectivity index (χ2v) is 6.79. The molecule has 1 aromatic carbocycles. The van der Waals surface area contributed by atoms with Crippen LogP contribution in [0.25, 0.3) is 6.08 Å². The highest BCUT2D eigenvalue weighted by Gasteiger charge is 2.33. The van der Waals surface area contributed by atoms with Crippen molar-refractivity contribution in [1.29, 1.82) is 0 Å². The number of ether oxygens (including phenoxy) is 2. The fraction of sp³-hybridized carbons (Fsp3) is 0.353. The summed E-state index contributed by atoms with van der Waals surface area (Å²) in [5, 5.41) is 0. The fourth-order valence-electron chi connectivity index (χ4n) is 1.99. The van der Waals surface area contributed by atoms with Gasteiger partial charge in [0.1, 0.15) is 16.6 Å². The van der Waals surface area contributed by atoms with Crippen LogP contribution in [0.1, 0.15) is 25.3 Å². The number of hydrogen-bond donors (Lipinski definition) is 0. The van der Waals surface area contributed by atoms with E-state index in [1.807, 2.05) is 31.2 Å². The lowest BCUT2D eigenvalue weighted by molar-refractivity contribution is -0.146. The van der Waals surface area contributed by atoms with Gasteiger partial charge in [-0.05, 0) is 30.2 Å². The number of carbonyl (C=O) groups is 2. The van der Waals surface area contributed by atoms with Crippen molar-refractivity contribution in [1.82, 2.24) is 4.90 Å². The smallest absolute Gasteiger partial charge is 0.326 e. The second kappa shape index (κ2) is 8.84. The molecule has 1 heterocycles. The van der Waals surface area contributed by atoms with Crippen molar-refractivity contribution in [3.63, 3.8) is 0 Å². The van der Waals surface area contributed by atoms with E-state index in [1.54, 1.807) is 13.2 Å². The van der Waals surface area contributed by atoms with Crippen LogP contribution >= 0.6 is 24.0 Å². The van der Waals surface area contributed by atoms with Gasteiger partial charge in [-0.15, -0.1) is 0 Å². The average Bonchev–Trinajstić information content (AvgIpc) is 2.83. The number of nitrogens with zero attached hydrogens (tertiary/aromatic N) is 1. The molecule has 0 aromatic heterocycles. The topological polar surface area (TPSA) is 55.8 Å². The predicted octanol–water partition coefficient (Wildman–Crippen LogP) is 3.24. The van der Waals surface area contributed by atoms with Gasteiger partial charge in [0.2, 0.25) is 0 Å². The van der Waals surface area contributed by atoms with E-state index in [1.165, 1.54) is 16.7 Å². The third kappa shape index (κ3) is 4.82. The molecule has 1 fully saturated rings. The molecule has 1 amide bonds. The van der Waals surface area contributed by atoms with Gasteiger partial charge in [-0.3, -0.25) is 14.5 Å². The highest BCUT2D eigenvalue weighted by molar-refractivity contribution is 8.26. The molecule has 1 aliphatic rings. The Balaban J connectivity index is 2.02. The number of methoxy groups -OCH3 is 1. The molecule has 1 saturated heterocycles. The Kier molecular flexibility index (Phi) is 6.81. The number of hydrogen-bond acceptors (Lipinski definition) is 6. The zero-order valence-electron chi connectivity index (χ0n) is 13.6. The monoisotopic (exact) mass is 365 g/mol. The van der Waals surface area contributed by atoms with Gasteiger partial charge in [0.25, 0.3) is 5.91 Å². The Morgan fingerprint density at radius 3 is 2.67 bits per heavy atom. The number of esters is 1. The summed E-state index contributed by atoms with van der Waals surface area (Å²) >= 11 is 6.39. The Hall–Kier alpha value is -1.86. The molecule has 128 valence electrons. The van der Waals surface area contributed by atoms with Gasteiger partial charge >= 0.3 is 5.97 Å². The van der Waals surface area contributed by atoms with Gasteiger partial charge in [-0.25, -0.2) is 0 Å². The van der Waals surface area contributed by atoms with E-state index in [0.717, 1.165) is 24.2 Å². The van der Waals surface area contributed by atoms with Gasteiger partial charge in [-0.2, -0.15) is 0 Å². The number of benzene rings is 1. The van der Waals surface area contributed by atoms with Crippen LogP contribution in [0.5, 0.6) is 5.75 Å². The molecular formula is C17H19NO4S2. The molecule has 24 heavy (non-hydrogen) atoms. The fourth-order valence-corrected chi connectivity index (χ4v) is 3.25. The van der Waals surface area contributed by atoms with E-state index in [0.29, 0.717) is 15.8 Å². The number of rotatable bonds is 7. The van der Waals surface area contributed by atoms with E-state index in [4.69, 9.17) is 21.7 Å². The van der Waals surface area contributed by atoms with E-state index in [-0.39, 0.29) is 12.5 Å². The minimum Gasteiger partial charge on any atom is -0.497 e. The molecule has 1 aliphatic heterocycles. The maximum absolute atomic E-state index is 12.4. The van der Waals surface area contributed by atoms with Crippen molar-refractivity contribution >= 4 is 46.3 Å². The zero-order chi connectivity index (χ0) is 17.5. The molecule has 1 aromatic rings. The predicted molar refractivity (Wildman–Crippen MR) is 98.7 cm³/mol. The summed E-state index contributed by atoms with van der Waals surface area (Å²) in [6.45, 7) is 2.24. The molecule has 0 atom stereocenters. The molecule has 0 unspecified atom stereocenters. The van der Waals surface area contributed by atoms with Crippen molar-refractivity contribution < 1.29 is 19.1 Å². The lowest BCUT2D eigenvalue weighted by atomic mass is 10.2. The first-order valence-corrected chi connectivity index (χ1v) is 8.82. The van der Waals surface area contributed by atoms with Crippen molar-refractivity contribution in [2.45, 2.75) is 19.8 Å². The summed E-state index contributed by atoms with van der Waals surface area (Å²) < 4.78 is 10.6. The normalized spacial score (nSPS) is 15.9. The lowest BCUT2D eigenvalue weighted by Crippen LogP contribution is -2.34. The molecule has 2 rings (SSSR count). The number of thiocarbonyl (C=S) groups is 1. The van der Waals surface area contributed by atoms with Crippen LogP contribution in [0.4, 0.5) is 0 Å². The van der Waals surface area contributed by atoms with E-state index in [9.17, 15) is 9.59 Å². The Morgan fingerprint density at radius 2 is 2.04 bits per heavy atom. The number of thioether (sulfide) groups is 1. The maximum atomic E-state index is 12.4. The Morgan fingerprint density at radius 1 is 1.33 bits per heavy atom. The maximum Gasteiger partial charge on any atom is 0.326 e. The largest absolute Gasteiger partial charge is 0.497 e. The van der Waals surface area contributed by atoms with Crippen LogP contribution in [-0.2, 0) is 14.3 Å². The summed E-state index contributed by atoms with van der Waals surface area (Å²) in [5.41, 5.74) is 0.863. The van der Waals surface area contributed by atoms with E-state index >= 15 is 0 Å². The molecule has 7 heteroatoms. The number of amides is 1. The van der Waals surface area contributed by atoms with Crippen LogP contribution < -0.4 is 4.74 Å². The highest BCUT2D eigenvalue weighted by atomic mass is 32.2. The first-order valence-electron chi connectivity index (χ1n) is 7.60. The Bertz CT molecular complexity index is 655. The molecule has 0 bridgehead atoms. The summed E-state index contributed by atoms with van der Waals surface area (Å²) in [6.07, 6.45) is 3.50. The van der Waals surface area contributed by atoms with Crippen LogP contribution in [-0.4, -0.2) is 41.4 Å². The van der Waals surface area contributed by atoms with Crippen molar-refractivity contribution in [3.8, 4) is 5.75 Å². The number of unbranched alkanes of at least 4 members (excludes halogenated alkanes) is 1. The van der Waals surface area contributed by atoms with Gasteiger partial charge in [-0.1, -0.05) is 49.5 Å². The van der Waals surface area contributed by atoms with Crippen molar-refractivity contribution in [2.24, 2.45) is 0 Å². The SMILES string of the molecule is CCCCOC(=O)CN1C(=O)C(=Cc2ccc(OC)cc2)SC1=S. The van der Waals surface area contributed by atoms with E-state index < -0.39 is 5.97 Å². The summed E-state index contributed by atoms with van der Waals surface area (Å²) in [6, 6.07) is 7.34. The van der Waals surface area contributed by atoms with E-state index in [2.05, 4.69) is 0 Å². The minimum absolute atomic E-state index is 0.145. The molecule has 0 saturated carbocycles. The van der Waals surface area contributed by atoms with Crippen molar-refractivity contribution in [3.05, 3.63) is 34.7 Å². The summed E-state index contributed by atoms with van der Waals surface area (Å²) in [4.78, 5) is 26.0. The first kappa shape index (κ1) is 18.5. The van der Waals surface area contributed by atoms with Crippen LogP contribution in [0, 0.1) is 0 Å². The van der Waals surface area contributed by atoms with Gasteiger partial charge in [0.15, 0.2) is 0 Å². The van der Waals surface area contributed by atoms with Crippen LogP contribution in [0.2, 0.25) is 0 Å². The molecule has 5 nitrogen and oxygen atoms in total. The average molecular weight is 365 g/mol. The van der Waals surface area contributed by atoms with Gasteiger partial charge in [0.05, 0.1) is 18.6 Å². The zero-order valence-corrected chi connectivity index (χ0v) is 15.2. The minimum atomic E-state index is -0.439. The number of carbonyl (C=O) groups excluding carboxylic acids is 2. The lowest BCUT2D eigenvalue weighted by Gasteiger charge is -2.13. The summed E-state index contributed by atoms with van der Waals surface area (Å²) in [7, 11) is 1.60. The standard InChI is InChI=1S/C17H19NO4S2/c1-3-4-9-22-15(19)11-18-16(20)14(24-17(18)23)10-12-5-7-13(21-2)8-6-12/h5-8,10H,3-4,9,11H2,1-2H3. The molecule has 0 radical (unpaired) electrons. The van der Waals surface area contributed by atoms with Crippen LogP contribution in [0.3, 0.4) is 0 Å². The molecular weight excluding hydrogens is 346 g/mol. The van der Waals surface area contributed by atoms with Crippen LogP contribution in [0.15, 0.2) is 29.2 Å². The quantitative estimate of drug-likeness (QED) is 0.320. The Labute approximate surface area is 151 Å². The molecule has 0 spiro atoms. The highest BCUT2D eigenvalue weighted by Crippen LogP contribution is 2.32. The van der Waals surface area contributed by atoms with Gasteiger partial charge in [0, 0.05) is 0 Å². The molecule has 0 N–H and O–H groups in total. The molecule has 0 aliphatic carbocycles. The first-order chi connectivity index (χ1) is 11.5.